The van der Waals surface area contributed by atoms with Crippen LogP contribution in [0.4, 0.5) is 0 Å². The average Bonchev–Trinajstić information content (AvgIpc) is 2.24. The van der Waals surface area contributed by atoms with Crippen LogP contribution in [0.15, 0.2) is 29.2 Å². The third kappa shape index (κ3) is 3.72. The zero-order valence-corrected chi connectivity index (χ0v) is 10.9. The van der Waals surface area contributed by atoms with E-state index in [0.29, 0.717) is 5.02 Å². The molecule has 2 nitrogen and oxygen atoms in total. The van der Waals surface area contributed by atoms with Gasteiger partial charge in [0.15, 0.2) is 0 Å². The standard InChI is InChI=1S/C12H15ClO2S/c1-3-8(2)11(12(14)15)16-10-6-4-5-9(13)7-10/h4-8,11H,3H2,1-2H3,(H,14,15). The first-order chi connectivity index (χ1) is 7.54. The van der Waals surface area contributed by atoms with E-state index in [-0.39, 0.29) is 5.92 Å². The minimum atomic E-state index is -0.765. The van der Waals surface area contributed by atoms with Gasteiger partial charge < -0.3 is 5.11 Å². The predicted octanol–water partition coefficient (Wildman–Crippen LogP) is 3.93. The Bertz CT molecular complexity index is 368. The van der Waals surface area contributed by atoms with Crippen molar-refractivity contribution in [1.29, 1.82) is 0 Å². The molecule has 0 spiro atoms. The lowest BCUT2D eigenvalue weighted by Gasteiger charge is -2.18. The Hall–Kier alpha value is -0.670. The maximum Gasteiger partial charge on any atom is 0.317 e. The Morgan fingerprint density at radius 1 is 1.56 bits per heavy atom. The summed E-state index contributed by atoms with van der Waals surface area (Å²) in [5.41, 5.74) is 0. The number of carbonyl (C=O) groups is 1. The highest BCUT2D eigenvalue weighted by molar-refractivity contribution is 8.00. The molecule has 0 saturated carbocycles. The van der Waals surface area contributed by atoms with E-state index in [9.17, 15) is 4.79 Å². The molecule has 0 aliphatic carbocycles. The van der Waals surface area contributed by atoms with Gasteiger partial charge in [0.05, 0.1) is 0 Å². The van der Waals surface area contributed by atoms with Crippen molar-refractivity contribution in [2.45, 2.75) is 30.4 Å². The summed E-state index contributed by atoms with van der Waals surface area (Å²) in [5.74, 6) is -0.624. The minimum absolute atomic E-state index is 0.140. The van der Waals surface area contributed by atoms with E-state index in [0.717, 1.165) is 11.3 Å². The molecule has 0 bridgehead atoms. The van der Waals surface area contributed by atoms with Crippen LogP contribution >= 0.6 is 23.4 Å². The lowest BCUT2D eigenvalue weighted by atomic mass is 10.1. The molecule has 0 aromatic heterocycles. The van der Waals surface area contributed by atoms with Crippen LogP contribution in [0.5, 0.6) is 0 Å². The van der Waals surface area contributed by atoms with Gasteiger partial charge in [0.2, 0.25) is 0 Å². The first-order valence-electron chi connectivity index (χ1n) is 5.19. The molecule has 4 heteroatoms. The Morgan fingerprint density at radius 3 is 2.75 bits per heavy atom. The minimum Gasteiger partial charge on any atom is -0.480 e. The number of rotatable bonds is 5. The van der Waals surface area contributed by atoms with E-state index in [1.807, 2.05) is 26.0 Å². The summed E-state index contributed by atoms with van der Waals surface area (Å²) < 4.78 is 0. The van der Waals surface area contributed by atoms with Crippen LogP contribution in [0.1, 0.15) is 20.3 Å². The molecule has 2 unspecified atom stereocenters. The predicted molar refractivity (Wildman–Crippen MR) is 68.2 cm³/mol. The van der Waals surface area contributed by atoms with Crippen LogP contribution in [0.2, 0.25) is 5.02 Å². The molecule has 1 rings (SSSR count). The SMILES string of the molecule is CCC(C)C(Sc1cccc(Cl)c1)C(=O)O. The molecule has 0 amide bonds. The van der Waals surface area contributed by atoms with E-state index in [4.69, 9.17) is 16.7 Å². The Balaban J connectivity index is 2.79. The summed E-state index contributed by atoms with van der Waals surface area (Å²) >= 11 is 7.22. The molecule has 0 aliphatic heterocycles. The number of carboxylic acid groups (broad SMARTS) is 1. The second-order valence-electron chi connectivity index (χ2n) is 3.72. The number of thioether (sulfide) groups is 1. The first kappa shape index (κ1) is 13.4. The molecule has 88 valence electrons. The smallest absolute Gasteiger partial charge is 0.317 e. The highest BCUT2D eigenvalue weighted by Crippen LogP contribution is 2.31. The second-order valence-corrected chi connectivity index (χ2v) is 5.37. The Labute approximate surface area is 105 Å². The van der Waals surface area contributed by atoms with Crippen LogP contribution in [0, 0.1) is 5.92 Å². The monoisotopic (exact) mass is 258 g/mol. The third-order valence-corrected chi connectivity index (χ3v) is 4.14. The van der Waals surface area contributed by atoms with Gasteiger partial charge in [0.1, 0.15) is 5.25 Å². The fourth-order valence-electron chi connectivity index (χ4n) is 1.31. The van der Waals surface area contributed by atoms with E-state index >= 15 is 0 Å². The van der Waals surface area contributed by atoms with Crippen molar-refractivity contribution < 1.29 is 9.90 Å². The molecule has 1 aromatic rings. The van der Waals surface area contributed by atoms with Gasteiger partial charge in [-0.3, -0.25) is 4.79 Å². The molecule has 0 fully saturated rings. The fourth-order valence-corrected chi connectivity index (χ4v) is 2.74. The van der Waals surface area contributed by atoms with Crippen LogP contribution in [-0.4, -0.2) is 16.3 Å². The van der Waals surface area contributed by atoms with E-state index in [1.54, 1.807) is 12.1 Å². The summed E-state index contributed by atoms with van der Waals surface area (Å²) in [6.07, 6.45) is 0.852. The molecule has 1 aromatic carbocycles. The van der Waals surface area contributed by atoms with Crippen molar-refractivity contribution in [3.05, 3.63) is 29.3 Å². The molecule has 0 saturated heterocycles. The highest BCUT2D eigenvalue weighted by atomic mass is 35.5. The number of aliphatic carboxylic acids is 1. The van der Waals surface area contributed by atoms with Crippen LogP contribution in [0.3, 0.4) is 0 Å². The molecular weight excluding hydrogens is 244 g/mol. The van der Waals surface area contributed by atoms with Gasteiger partial charge >= 0.3 is 5.97 Å². The summed E-state index contributed by atoms with van der Waals surface area (Å²) in [4.78, 5) is 12.0. The Morgan fingerprint density at radius 2 is 2.25 bits per heavy atom. The van der Waals surface area contributed by atoms with Gasteiger partial charge in [0.25, 0.3) is 0 Å². The molecule has 16 heavy (non-hydrogen) atoms. The summed E-state index contributed by atoms with van der Waals surface area (Å²) in [6, 6.07) is 7.30. The van der Waals surface area contributed by atoms with Crippen molar-refractivity contribution in [3.63, 3.8) is 0 Å². The van der Waals surface area contributed by atoms with Crippen LogP contribution in [0.25, 0.3) is 0 Å². The molecule has 2 atom stereocenters. The molecule has 0 heterocycles. The summed E-state index contributed by atoms with van der Waals surface area (Å²) in [7, 11) is 0. The van der Waals surface area contributed by atoms with Gasteiger partial charge in [-0.1, -0.05) is 37.9 Å². The largest absolute Gasteiger partial charge is 0.480 e. The topological polar surface area (TPSA) is 37.3 Å². The summed E-state index contributed by atoms with van der Waals surface area (Å²) in [5, 5.41) is 9.38. The van der Waals surface area contributed by atoms with Gasteiger partial charge in [-0.05, 0) is 24.1 Å². The molecular formula is C12H15ClO2S. The molecule has 0 radical (unpaired) electrons. The zero-order valence-electron chi connectivity index (χ0n) is 9.31. The number of hydrogen-bond donors (Lipinski definition) is 1. The quantitative estimate of drug-likeness (QED) is 0.813. The zero-order chi connectivity index (χ0) is 12.1. The number of carboxylic acids is 1. The van der Waals surface area contributed by atoms with Gasteiger partial charge in [-0.2, -0.15) is 0 Å². The lowest BCUT2D eigenvalue weighted by molar-refractivity contribution is -0.137. The van der Waals surface area contributed by atoms with Gasteiger partial charge in [0, 0.05) is 9.92 Å². The molecule has 1 N–H and O–H groups in total. The average molecular weight is 259 g/mol. The number of hydrogen-bond acceptors (Lipinski definition) is 2. The lowest BCUT2D eigenvalue weighted by Crippen LogP contribution is -2.23. The van der Waals surface area contributed by atoms with Crippen LogP contribution < -0.4 is 0 Å². The van der Waals surface area contributed by atoms with Crippen molar-refractivity contribution in [2.75, 3.05) is 0 Å². The van der Waals surface area contributed by atoms with E-state index in [1.165, 1.54) is 11.8 Å². The normalized spacial score (nSPS) is 14.4. The van der Waals surface area contributed by atoms with E-state index in [2.05, 4.69) is 0 Å². The fraction of sp³-hybridized carbons (Fsp3) is 0.417. The van der Waals surface area contributed by atoms with Crippen molar-refractivity contribution in [1.82, 2.24) is 0 Å². The van der Waals surface area contributed by atoms with Crippen molar-refractivity contribution >= 4 is 29.3 Å². The third-order valence-electron chi connectivity index (χ3n) is 2.46. The number of benzene rings is 1. The summed E-state index contributed by atoms with van der Waals surface area (Å²) in [6.45, 7) is 3.95. The maximum atomic E-state index is 11.1. The van der Waals surface area contributed by atoms with Gasteiger partial charge in [-0.15, -0.1) is 11.8 Å². The van der Waals surface area contributed by atoms with Crippen molar-refractivity contribution in [3.8, 4) is 0 Å². The molecule has 0 aliphatic rings. The number of halogens is 1. The van der Waals surface area contributed by atoms with Crippen LogP contribution in [-0.2, 0) is 4.79 Å². The maximum absolute atomic E-state index is 11.1. The Kier molecular flexibility index (Phi) is 5.16. The first-order valence-corrected chi connectivity index (χ1v) is 6.45. The highest BCUT2D eigenvalue weighted by Gasteiger charge is 2.24. The second kappa shape index (κ2) is 6.16. The van der Waals surface area contributed by atoms with Gasteiger partial charge in [-0.25, -0.2) is 0 Å². The van der Waals surface area contributed by atoms with Crippen molar-refractivity contribution in [2.24, 2.45) is 5.92 Å². The van der Waals surface area contributed by atoms with E-state index < -0.39 is 11.2 Å².